The topological polar surface area (TPSA) is 69.6 Å². The van der Waals surface area contributed by atoms with Gasteiger partial charge in [0.15, 0.2) is 0 Å². The minimum atomic E-state index is -0.879. The van der Waals surface area contributed by atoms with Crippen LogP contribution < -0.4 is 5.32 Å². The van der Waals surface area contributed by atoms with Gasteiger partial charge in [-0.05, 0) is 96.3 Å². The van der Waals surface area contributed by atoms with E-state index in [1.165, 1.54) is 141 Å². The second kappa shape index (κ2) is 58.1. The molecule has 0 saturated carbocycles. The van der Waals surface area contributed by atoms with Crippen LogP contribution in [-0.4, -0.2) is 34.9 Å². The average molecular weight is 941 g/mol. The Morgan fingerprint density at radius 1 is 0.368 bits per heavy atom. The van der Waals surface area contributed by atoms with Crippen LogP contribution >= 0.6 is 0 Å². The van der Waals surface area contributed by atoms with Gasteiger partial charge in [-0.2, -0.15) is 0 Å². The molecule has 4 heteroatoms. The fourth-order valence-electron chi connectivity index (χ4n) is 8.09. The van der Waals surface area contributed by atoms with Crippen molar-refractivity contribution in [1.29, 1.82) is 0 Å². The summed E-state index contributed by atoms with van der Waals surface area (Å²) in [6.07, 6.45) is 89.3. The van der Waals surface area contributed by atoms with Crippen LogP contribution in [0.1, 0.15) is 258 Å². The highest BCUT2D eigenvalue weighted by Crippen LogP contribution is 2.16. The Balaban J connectivity index is 3.65. The first-order valence-electron chi connectivity index (χ1n) is 28.7. The maximum Gasteiger partial charge on any atom is 0.220 e. The zero-order valence-corrected chi connectivity index (χ0v) is 44.6. The van der Waals surface area contributed by atoms with Crippen molar-refractivity contribution in [2.75, 3.05) is 6.61 Å². The summed E-state index contributed by atoms with van der Waals surface area (Å²) < 4.78 is 0. The molecular formula is C64H109NO3. The summed E-state index contributed by atoms with van der Waals surface area (Å²) >= 11 is 0. The second-order valence-electron chi connectivity index (χ2n) is 19.0. The van der Waals surface area contributed by atoms with Crippen molar-refractivity contribution in [3.63, 3.8) is 0 Å². The lowest BCUT2D eigenvalue weighted by atomic mass is 10.0. The van der Waals surface area contributed by atoms with E-state index in [-0.39, 0.29) is 12.5 Å². The van der Waals surface area contributed by atoms with Gasteiger partial charge in [0, 0.05) is 6.42 Å². The van der Waals surface area contributed by atoms with Gasteiger partial charge in [0.25, 0.3) is 0 Å². The standard InChI is InChI=1S/C64H109NO3/c1-3-5-7-9-11-13-15-17-19-21-23-25-27-29-30-31-32-33-34-36-38-40-42-44-46-48-50-52-54-56-58-60-64(68)65-62(61-66)63(67)59-57-55-53-51-49-47-45-43-41-39-37-35-28-26-24-22-20-18-16-14-12-10-8-6-4-2/h5,7,11,13,17,19,23,25,29-30,32-33,36,38,42,44,49,51,57,59,62-63,66-67H,3-4,6,8-10,12,14-16,18,20-22,24,26-28,31,34-35,37,39-41,43,45-48,50,52-56,58,60-61H2,1-2H3,(H,65,68)/b7-5-,13-11-,19-17-,25-23-,30-29-,33-32-,38-36-,44-42-,51-49+,59-57+. The van der Waals surface area contributed by atoms with Crippen LogP contribution in [0.5, 0.6) is 0 Å². The Morgan fingerprint density at radius 2 is 0.662 bits per heavy atom. The predicted octanol–water partition coefficient (Wildman–Crippen LogP) is 19.2. The van der Waals surface area contributed by atoms with Crippen LogP contribution in [0.15, 0.2) is 122 Å². The summed E-state index contributed by atoms with van der Waals surface area (Å²) in [4.78, 5) is 12.5. The minimum absolute atomic E-state index is 0.0919. The highest BCUT2D eigenvalue weighted by molar-refractivity contribution is 5.76. The molecule has 0 spiro atoms. The van der Waals surface area contributed by atoms with Gasteiger partial charge in [0.1, 0.15) is 0 Å². The van der Waals surface area contributed by atoms with Crippen molar-refractivity contribution in [3.05, 3.63) is 122 Å². The Kier molecular flexibility index (Phi) is 55.4. The SMILES string of the molecule is CC/C=C\C/C=C\C/C=C\C/C=C\C/C=C\C/C=C\C/C=C\C/C=C\CCCCCCCCC(=O)NC(CO)C(O)/C=C/CC/C=C/CCCCCCCCCCCCCCCCCCCCC. The second-order valence-corrected chi connectivity index (χ2v) is 19.0. The number of rotatable bonds is 51. The molecule has 0 aliphatic heterocycles. The summed E-state index contributed by atoms with van der Waals surface area (Å²) in [6.45, 7) is 4.19. The molecule has 2 atom stereocenters. The van der Waals surface area contributed by atoms with E-state index in [2.05, 4.69) is 129 Å². The number of aliphatic hydroxyl groups is 2. The molecule has 0 aromatic rings. The molecule has 0 fully saturated rings. The van der Waals surface area contributed by atoms with E-state index in [9.17, 15) is 15.0 Å². The zero-order chi connectivity index (χ0) is 49.2. The number of aliphatic hydroxyl groups excluding tert-OH is 2. The van der Waals surface area contributed by atoms with Crippen LogP contribution in [0.25, 0.3) is 0 Å². The molecule has 68 heavy (non-hydrogen) atoms. The van der Waals surface area contributed by atoms with E-state index in [1.54, 1.807) is 6.08 Å². The van der Waals surface area contributed by atoms with Crippen molar-refractivity contribution in [3.8, 4) is 0 Å². The molecular weight excluding hydrogens is 831 g/mol. The molecule has 0 bridgehead atoms. The first kappa shape index (κ1) is 64.8. The summed E-state index contributed by atoms with van der Waals surface area (Å²) in [5, 5.41) is 23.2. The van der Waals surface area contributed by atoms with E-state index in [0.29, 0.717) is 6.42 Å². The van der Waals surface area contributed by atoms with Gasteiger partial charge in [-0.1, -0.05) is 277 Å². The van der Waals surface area contributed by atoms with Crippen molar-refractivity contribution in [2.45, 2.75) is 270 Å². The first-order chi connectivity index (χ1) is 33.7. The fourth-order valence-corrected chi connectivity index (χ4v) is 8.09. The molecule has 0 rings (SSSR count). The van der Waals surface area contributed by atoms with Gasteiger partial charge in [0.2, 0.25) is 5.91 Å². The number of carbonyl (C=O) groups is 1. The van der Waals surface area contributed by atoms with Crippen LogP contribution in [0.2, 0.25) is 0 Å². The molecule has 0 heterocycles. The Morgan fingerprint density at radius 3 is 1.03 bits per heavy atom. The molecule has 0 aromatic heterocycles. The molecule has 0 aliphatic carbocycles. The maximum absolute atomic E-state index is 12.5. The third kappa shape index (κ3) is 53.7. The molecule has 0 radical (unpaired) electrons. The number of unbranched alkanes of at least 4 members (excludes halogenated alkanes) is 26. The number of nitrogens with one attached hydrogen (secondary N) is 1. The van der Waals surface area contributed by atoms with Gasteiger partial charge < -0.3 is 15.5 Å². The molecule has 0 saturated heterocycles. The summed E-state index contributed by atoms with van der Waals surface area (Å²) in [5.74, 6) is -0.0919. The summed E-state index contributed by atoms with van der Waals surface area (Å²) in [5.41, 5.74) is 0. The van der Waals surface area contributed by atoms with E-state index < -0.39 is 12.1 Å². The normalized spacial score (nSPS) is 13.8. The smallest absolute Gasteiger partial charge is 0.220 e. The van der Waals surface area contributed by atoms with E-state index in [0.717, 1.165) is 96.3 Å². The first-order valence-corrected chi connectivity index (χ1v) is 28.7. The number of hydrogen-bond donors (Lipinski definition) is 3. The van der Waals surface area contributed by atoms with Crippen molar-refractivity contribution < 1.29 is 15.0 Å². The number of allylic oxidation sites excluding steroid dienone is 19. The monoisotopic (exact) mass is 940 g/mol. The number of amides is 1. The Bertz CT molecular complexity index is 1340. The number of carbonyl (C=O) groups excluding carboxylic acids is 1. The number of hydrogen-bond acceptors (Lipinski definition) is 3. The van der Waals surface area contributed by atoms with Crippen molar-refractivity contribution in [2.24, 2.45) is 0 Å². The lowest BCUT2D eigenvalue weighted by Gasteiger charge is -2.19. The van der Waals surface area contributed by atoms with Crippen LogP contribution in [-0.2, 0) is 4.79 Å². The fraction of sp³-hybridized carbons (Fsp3) is 0.672. The molecule has 0 aliphatic rings. The van der Waals surface area contributed by atoms with Crippen molar-refractivity contribution in [1.82, 2.24) is 5.32 Å². The highest BCUT2D eigenvalue weighted by Gasteiger charge is 2.17. The molecule has 1 amide bonds. The van der Waals surface area contributed by atoms with E-state index in [4.69, 9.17) is 0 Å². The van der Waals surface area contributed by atoms with Crippen molar-refractivity contribution >= 4 is 5.91 Å². The van der Waals surface area contributed by atoms with Gasteiger partial charge >= 0.3 is 0 Å². The highest BCUT2D eigenvalue weighted by atomic mass is 16.3. The third-order valence-electron chi connectivity index (χ3n) is 12.4. The van der Waals surface area contributed by atoms with E-state index in [1.807, 2.05) is 6.08 Å². The third-order valence-corrected chi connectivity index (χ3v) is 12.4. The lowest BCUT2D eigenvalue weighted by Crippen LogP contribution is -2.45. The van der Waals surface area contributed by atoms with Gasteiger partial charge in [-0.25, -0.2) is 0 Å². The molecule has 4 nitrogen and oxygen atoms in total. The summed E-state index contributed by atoms with van der Waals surface area (Å²) in [7, 11) is 0. The van der Waals surface area contributed by atoms with Crippen LogP contribution in [0, 0.1) is 0 Å². The Labute approximate surface area is 422 Å². The molecule has 3 N–H and O–H groups in total. The quantitative estimate of drug-likeness (QED) is 0.0420. The van der Waals surface area contributed by atoms with Crippen LogP contribution in [0.4, 0.5) is 0 Å². The van der Waals surface area contributed by atoms with E-state index >= 15 is 0 Å². The minimum Gasteiger partial charge on any atom is -0.394 e. The molecule has 388 valence electrons. The maximum atomic E-state index is 12.5. The lowest BCUT2D eigenvalue weighted by molar-refractivity contribution is -0.123. The van der Waals surface area contributed by atoms with Gasteiger partial charge in [-0.3, -0.25) is 4.79 Å². The largest absolute Gasteiger partial charge is 0.394 e. The average Bonchev–Trinajstić information content (AvgIpc) is 3.34. The van der Waals surface area contributed by atoms with Gasteiger partial charge in [-0.15, -0.1) is 0 Å². The van der Waals surface area contributed by atoms with Crippen LogP contribution in [0.3, 0.4) is 0 Å². The Hall–Kier alpha value is -3.21. The predicted molar refractivity (Wildman–Crippen MR) is 303 cm³/mol. The molecule has 0 aromatic carbocycles. The van der Waals surface area contributed by atoms with Gasteiger partial charge in [0.05, 0.1) is 18.8 Å². The molecule has 2 unspecified atom stereocenters. The zero-order valence-electron chi connectivity index (χ0n) is 44.6. The summed E-state index contributed by atoms with van der Waals surface area (Å²) in [6, 6.07) is -0.658.